The van der Waals surface area contributed by atoms with E-state index in [1.54, 1.807) is 7.11 Å². The average Bonchev–Trinajstić information content (AvgIpc) is 3.47. The van der Waals surface area contributed by atoms with E-state index in [2.05, 4.69) is 14.8 Å². The molecule has 0 fully saturated rings. The Kier molecular flexibility index (Phi) is 6.50. The molecule has 1 atom stereocenters. The van der Waals surface area contributed by atoms with Gasteiger partial charge in [0, 0.05) is 22.5 Å². The number of benzene rings is 2. The van der Waals surface area contributed by atoms with Crippen LogP contribution in [0.5, 0.6) is 17.2 Å². The number of ether oxygens (including phenoxy) is 3. The predicted molar refractivity (Wildman–Crippen MR) is 132 cm³/mol. The highest BCUT2D eigenvalue weighted by Crippen LogP contribution is 2.32. The molecule has 0 aliphatic carbocycles. The molecule has 0 saturated carbocycles. The monoisotopic (exact) mass is 491 g/mol. The number of Topliss-reactive ketones (excluding diaryl/α,β-unsaturated/α-hetero) is 1. The predicted octanol–water partition coefficient (Wildman–Crippen LogP) is 4.98. The molecule has 5 rings (SSSR count). The zero-order chi connectivity index (χ0) is 24.4. The van der Waals surface area contributed by atoms with Crippen molar-refractivity contribution in [2.75, 3.05) is 19.5 Å². The SMILES string of the molecule is COc1ccc(-c2nnc(SCC(=O)c3cc(C)n(C[C@@H]4COc5ccccc5O4)c3C)o2)cc1. The quantitative estimate of drug-likeness (QED) is 0.252. The van der Waals surface area contributed by atoms with Crippen LogP contribution >= 0.6 is 11.8 Å². The molecular weight excluding hydrogens is 466 g/mol. The summed E-state index contributed by atoms with van der Waals surface area (Å²) in [6.07, 6.45) is -0.137. The number of carbonyl (C=O) groups is 1. The van der Waals surface area contributed by atoms with Gasteiger partial charge in [0.05, 0.1) is 19.4 Å². The number of aromatic nitrogens is 3. The standard InChI is InChI=1S/C26H25N3O5S/c1-16-12-21(17(2)29(16)13-20-14-32-23-6-4-5-7-24(23)33-20)22(30)15-35-26-28-27-25(34-26)18-8-10-19(31-3)11-9-18/h4-12,20H,13-15H2,1-3H3/t20-/m1/s1. The molecule has 0 saturated heterocycles. The van der Waals surface area contributed by atoms with Gasteiger partial charge < -0.3 is 23.2 Å². The molecule has 0 bridgehead atoms. The highest BCUT2D eigenvalue weighted by atomic mass is 32.2. The van der Waals surface area contributed by atoms with Crippen LogP contribution in [-0.2, 0) is 6.54 Å². The third-order valence-electron chi connectivity index (χ3n) is 5.90. The van der Waals surface area contributed by atoms with Crippen LogP contribution in [0.4, 0.5) is 0 Å². The van der Waals surface area contributed by atoms with Crippen molar-refractivity contribution in [2.45, 2.75) is 31.7 Å². The molecule has 180 valence electrons. The zero-order valence-electron chi connectivity index (χ0n) is 19.7. The number of thioether (sulfide) groups is 1. The normalized spacial score (nSPS) is 14.7. The van der Waals surface area contributed by atoms with Gasteiger partial charge in [-0.3, -0.25) is 4.79 Å². The van der Waals surface area contributed by atoms with Crippen LogP contribution in [0.3, 0.4) is 0 Å². The van der Waals surface area contributed by atoms with E-state index < -0.39 is 0 Å². The zero-order valence-corrected chi connectivity index (χ0v) is 20.5. The maximum absolute atomic E-state index is 13.0. The first-order valence-electron chi connectivity index (χ1n) is 11.2. The second-order valence-corrected chi connectivity index (χ2v) is 9.13. The van der Waals surface area contributed by atoms with Crippen molar-refractivity contribution >= 4 is 17.5 Å². The Hall–Kier alpha value is -3.72. The fourth-order valence-electron chi connectivity index (χ4n) is 4.04. The number of aryl methyl sites for hydroxylation is 1. The van der Waals surface area contributed by atoms with Crippen molar-refractivity contribution in [3.63, 3.8) is 0 Å². The maximum atomic E-state index is 13.0. The summed E-state index contributed by atoms with van der Waals surface area (Å²) in [6, 6.07) is 16.9. The topological polar surface area (TPSA) is 88.6 Å². The van der Waals surface area contributed by atoms with E-state index in [1.807, 2.05) is 68.4 Å². The lowest BCUT2D eigenvalue weighted by Crippen LogP contribution is -2.33. The third-order valence-corrected chi connectivity index (χ3v) is 6.72. The summed E-state index contributed by atoms with van der Waals surface area (Å²) in [5, 5.41) is 8.51. The molecule has 3 heterocycles. The number of ketones is 1. The number of hydrogen-bond acceptors (Lipinski definition) is 8. The third kappa shape index (κ3) is 4.90. The van der Waals surface area contributed by atoms with E-state index in [0.717, 1.165) is 34.2 Å². The molecular formula is C26H25N3O5S. The van der Waals surface area contributed by atoms with Crippen LogP contribution in [0.25, 0.3) is 11.5 Å². The first-order chi connectivity index (χ1) is 17.0. The van der Waals surface area contributed by atoms with Gasteiger partial charge in [-0.05, 0) is 56.3 Å². The number of hydrogen-bond donors (Lipinski definition) is 0. The summed E-state index contributed by atoms with van der Waals surface area (Å²) < 4.78 is 24.9. The maximum Gasteiger partial charge on any atom is 0.277 e. The number of rotatable bonds is 8. The number of fused-ring (bicyclic) bond motifs is 1. The fourth-order valence-corrected chi connectivity index (χ4v) is 4.69. The Morgan fingerprint density at radius 3 is 2.66 bits per heavy atom. The van der Waals surface area contributed by atoms with Crippen molar-refractivity contribution in [2.24, 2.45) is 0 Å². The number of carbonyl (C=O) groups excluding carboxylic acids is 1. The van der Waals surface area contributed by atoms with Gasteiger partial charge in [-0.15, -0.1) is 10.2 Å². The average molecular weight is 492 g/mol. The summed E-state index contributed by atoms with van der Waals surface area (Å²) in [7, 11) is 1.61. The highest BCUT2D eigenvalue weighted by Gasteiger charge is 2.24. The van der Waals surface area contributed by atoms with Gasteiger partial charge in [0.2, 0.25) is 5.89 Å². The molecule has 0 spiro atoms. The van der Waals surface area contributed by atoms with Gasteiger partial charge in [0.15, 0.2) is 23.4 Å². The Morgan fingerprint density at radius 1 is 1.11 bits per heavy atom. The van der Waals surface area contributed by atoms with E-state index in [9.17, 15) is 4.79 Å². The van der Waals surface area contributed by atoms with Gasteiger partial charge in [0.25, 0.3) is 5.22 Å². The summed E-state index contributed by atoms with van der Waals surface area (Å²) in [4.78, 5) is 13.0. The molecule has 1 aliphatic heterocycles. The summed E-state index contributed by atoms with van der Waals surface area (Å²) in [5.74, 6) is 2.85. The van der Waals surface area contributed by atoms with E-state index in [-0.39, 0.29) is 17.6 Å². The minimum Gasteiger partial charge on any atom is -0.497 e. The first kappa shape index (κ1) is 23.0. The summed E-state index contributed by atoms with van der Waals surface area (Å²) in [5.41, 5.74) is 3.37. The second-order valence-electron chi connectivity index (χ2n) is 8.21. The molecule has 8 nitrogen and oxygen atoms in total. The van der Waals surface area contributed by atoms with Gasteiger partial charge in [0.1, 0.15) is 12.4 Å². The summed E-state index contributed by atoms with van der Waals surface area (Å²) >= 11 is 1.23. The molecule has 0 amide bonds. The minimum absolute atomic E-state index is 0.00436. The fraction of sp³-hybridized carbons (Fsp3) is 0.269. The van der Waals surface area contributed by atoms with E-state index >= 15 is 0 Å². The lowest BCUT2D eigenvalue weighted by Gasteiger charge is -2.27. The molecule has 35 heavy (non-hydrogen) atoms. The Balaban J connectivity index is 1.22. The van der Waals surface area contributed by atoms with Crippen molar-refractivity contribution in [1.82, 2.24) is 14.8 Å². The molecule has 2 aromatic heterocycles. The Labute approximate surface area is 207 Å². The van der Waals surface area contributed by atoms with Gasteiger partial charge in [-0.25, -0.2) is 0 Å². The largest absolute Gasteiger partial charge is 0.497 e. The van der Waals surface area contributed by atoms with Gasteiger partial charge >= 0.3 is 0 Å². The van der Waals surface area contributed by atoms with Crippen LogP contribution < -0.4 is 14.2 Å². The Morgan fingerprint density at radius 2 is 1.89 bits per heavy atom. The van der Waals surface area contributed by atoms with Gasteiger partial charge in [-0.1, -0.05) is 23.9 Å². The lowest BCUT2D eigenvalue weighted by molar-refractivity contribution is 0.0777. The molecule has 2 aromatic carbocycles. The Bertz CT molecular complexity index is 1350. The first-order valence-corrected chi connectivity index (χ1v) is 12.2. The molecule has 0 radical (unpaired) electrons. The van der Waals surface area contributed by atoms with Crippen LogP contribution in [0.15, 0.2) is 64.2 Å². The lowest BCUT2D eigenvalue weighted by atomic mass is 10.2. The minimum atomic E-state index is -0.137. The van der Waals surface area contributed by atoms with E-state index in [0.29, 0.717) is 29.8 Å². The van der Waals surface area contributed by atoms with E-state index in [4.69, 9.17) is 18.6 Å². The van der Waals surface area contributed by atoms with Crippen molar-refractivity contribution in [3.05, 3.63) is 71.5 Å². The van der Waals surface area contributed by atoms with Crippen molar-refractivity contribution < 1.29 is 23.4 Å². The number of methoxy groups -OCH3 is 1. The van der Waals surface area contributed by atoms with E-state index in [1.165, 1.54) is 11.8 Å². The van der Waals surface area contributed by atoms with Crippen molar-refractivity contribution in [1.29, 1.82) is 0 Å². The summed E-state index contributed by atoms with van der Waals surface area (Å²) in [6.45, 7) is 5.01. The molecule has 4 aromatic rings. The van der Waals surface area contributed by atoms with Crippen molar-refractivity contribution in [3.8, 4) is 28.7 Å². The van der Waals surface area contributed by atoms with Crippen LogP contribution in [-0.4, -0.2) is 46.1 Å². The second kappa shape index (κ2) is 9.87. The highest BCUT2D eigenvalue weighted by molar-refractivity contribution is 7.99. The molecule has 1 aliphatic rings. The van der Waals surface area contributed by atoms with Crippen LogP contribution in [0.1, 0.15) is 21.7 Å². The smallest absolute Gasteiger partial charge is 0.277 e. The van der Waals surface area contributed by atoms with Gasteiger partial charge in [-0.2, -0.15) is 0 Å². The molecule has 9 heteroatoms. The molecule has 0 N–H and O–H groups in total. The van der Waals surface area contributed by atoms with Crippen LogP contribution in [0, 0.1) is 13.8 Å². The molecule has 0 unspecified atom stereocenters. The van der Waals surface area contributed by atoms with Crippen LogP contribution in [0.2, 0.25) is 0 Å². The number of nitrogens with zero attached hydrogens (tertiary/aromatic N) is 3. The number of para-hydroxylation sites is 2.